The molecule has 0 fully saturated rings. The Morgan fingerprint density at radius 1 is 0.905 bits per heavy atom. The van der Waals surface area contributed by atoms with Gasteiger partial charge < -0.3 is 19.0 Å². The predicted molar refractivity (Wildman–Crippen MR) is 72.3 cm³/mol. The van der Waals surface area contributed by atoms with Gasteiger partial charge in [0.2, 0.25) is 0 Å². The van der Waals surface area contributed by atoms with Gasteiger partial charge in [0.25, 0.3) is 0 Å². The number of ketones is 1. The molecule has 0 aliphatic heterocycles. The van der Waals surface area contributed by atoms with Crippen LogP contribution < -0.4 is 0 Å². The maximum absolute atomic E-state index is 11.4. The van der Waals surface area contributed by atoms with Crippen LogP contribution in [0.3, 0.4) is 0 Å². The van der Waals surface area contributed by atoms with Crippen molar-refractivity contribution >= 4 is 23.7 Å². The van der Waals surface area contributed by atoms with E-state index in [-0.39, 0.29) is 25.4 Å². The van der Waals surface area contributed by atoms with E-state index in [1.165, 1.54) is 20.8 Å². The van der Waals surface area contributed by atoms with Crippen molar-refractivity contribution in [1.29, 1.82) is 0 Å². The van der Waals surface area contributed by atoms with E-state index in [9.17, 15) is 19.2 Å². The minimum absolute atomic E-state index is 0.0486. The average molecular weight is 302 g/mol. The molecule has 0 aromatic heterocycles. The number of hydrogen-bond acceptors (Lipinski definition) is 7. The molecule has 0 rings (SSSR count). The third kappa shape index (κ3) is 11.6. The van der Waals surface area contributed by atoms with E-state index >= 15 is 0 Å². The highest BCUT2D eigenvalue weighted by Gasteiger charge is 2.17. The molecule has 0 aliphatic carbocycles. The zero-order valence-electron chi connectivity index (χ0n) is 12.7. The molecule has 0 spiro atoms. The molecule has 0 amide bonds. The van der Waals surface area contributed by atoms with Crippen LogP contribution in [-0.4, -0.2) is 43.0 Å². The lowest BCUT2D eigenvalue weighted by Crippen LogP contribution is -2.25. The summed E-state index contributed by atoms with van der Waals surface area (Å²) in [5, 5.41) is 0. The van der Waals surface area contributed by atoms with Gasteiger partial charge >= 0.3 is 17.9 Å². The highest BCUT2D eigenvalue weighted by molar-refractivity contribution is 5.78. The number of carbonyl (C=O) groups excluding carboxylic acids is 4. The van der Waals surface area contributed by atoms with Crippen molar-refractivity contribution in [1.82, 2.24) is 0 Å². The van der Waals surface area contributed by atoms with E-state index in [0.29, 0.717) is 19.3 Å². The molecule has 0 saturated heterocycles. The normalized spacial score (nSPS) is 11.4. The molecule has 0 heterocycles. The first-order valence-electron chi connectivity index (χ1n) is 6.82. The monoisotopic (exact) mass is 302 g/mol. The first-order chi connectivity index (χ1) is 9.82. The summed E-state index contributed by atoms with van der Waals surface area (Å²) in [6, 6.07) is 0. The van der Waals surface area contributed by atoms with E-state index in [2.05, 4.69) is 4.74 Å². The summed E-state index contributed by atoms with van der Waals surface area (Å²) in [5.74, 6) is -1.56. The molecule has 0 N–H and O–H groups in total. The number of rotatable bonds is 10. The summed E-state index contributed by atoms with van der Waals surface area (Å²) in [6.07, 6.45) is 0.384. The quantitative estimate of drug-likeness (QED) is 0.339. The van der Waals surface area contributed by atoms with Crippen LogP contribution in [0.1, 0.15) is 46.5 Å². The Morgan fingerprint density at radius 2 is 1.48 bits per heavy atom. The van der Waals surface area contributed by atoms with Gasteiger partial charge in [-0.15, -0.1) is 0 Å². The summed E-state index contributed by atoms with van der Waals surface area (Å²) >= 11 is 0. The number of ether oxygens (including phenoxy) is 3. The topological polar surface area (TPSA) is 96.0 Å². The van der Waals surface area contributed by atoms with Crippen LogP contribution in [-0.2, 0) is 33.4 Å². The average Bonchev–Trinajstić information content (AvgIpc) is 2.38. The summed E-state index contributed by atoms with van der Waals surface area (Å²) in [6.45, 7) is 4.35. The van der Waals surface area contributed by atoms with Crippen molar-refractivity contribution < 1.29 is 33.4 Å². The lowest BCUT2D eigenvalue weighted by atomic mass is 10.2. The summed E-state index contributed by atoms with van der Waals surface area (Å²) in [7, 11) is 0. The molecule has 7 heteroatoms. The van der Waals surface area contributed by atoms with Crippen molar-refractivity contribution in [2.45, 2.75) is 52.6 Å². The molecule has 0 bridgehead atoms. The van der Waals surface area contributed by atoms with Crippen molar-refractivity contribution in [3.63, 3.8) is 0 Å². The minimum atomic E-state index is -0.957. The highest BCUT2D eigenvalue weighted by Crippen LogP contribution is 2.00. The number of esters is 3. The van der Waals surface area contributed by atoms with Crippen LogP contribution in [0, 0.1) is 0 Å². The van der Waals surface area contributed by atoms with Gasteiger partial charge in [-0.1, -0.05) is 0 Å². The third-order valence-electron chi connectivity index (χ3n) is 2.38. The van der Waals surface area contributed by atoms with Crippen LogP contribution in [0.25, 0.3) is 0 Å². The largest absolute Gasteiger partial charge is 0.466 e. The van der Waals surface area contributed by atoms with Gasteiger partial charge in [-0.3, -0.25) is 9.59 Å². The standard InChI is InChI=1S/C14H22O7/c1-10(15)6-4-8-19-13(17)7-5-9-20-14(18)11(2)21-12(3)16/h11H,4-9H2,1-3H3. The van der Waals surface area contributed by atoms with Crippen LogP contribution in [0.2, 0.25) is 0 Å². The SMILES string of the molecule is CC(=O)CCCOC(=O)CCCOC(=O)C(C)OC(C)=O. The molecule has 1 unspecified atom stereocenters. The van der Waals surface area contributed by atoms with Crippen LogP contribution >= 0.6 is 0 Å². The van der Waals surface area contributed by atoms with E-state index in [4.69, 9.17) is 9.47 Å². The van der Waals surface area contributed by atoms with Gasteiger partial charge in [0.1, 0.15) is 5.78 Å². The first-order valence-corrected chi connectivity index (χ1v) is 6.82. The Labute approximate surface area is 123 Å². The lowest BCUT2D eigenvalue weighted by Gasteiger charge is -2.11. The van der Waals surface area contributed by atoms with E-state index in [0.717, 1.165) is 0 Å². The molecule has 1 atom stereocenters. The third-order valence-corrected chi connectivity index (χ3v) is 2.38. The predicted octanol–water partition coefficient (Wildman–Crippen LogP) is 1.17. The molecular weight excluding hydrogens is 280 g/mol. The fraction of sp³-hybridized carbons (Fsp3) is 0.714. The van der Waals surface area contributed by atoms with Crippen LogP contribution in [0.15, 0.2) is 0 Å². The summed E-state index contributed by atoms with van der Waals surface area (Å²) in [4.78, 5) is 43.9. The second-order valence-corrected chi connectivity index (χ2v) is 4.55. The number of hydrogen-bond donors (Lipinski definition) is 0. The molecule has 0 aromatic carbocycles. The molecule has 21 heavy (non-hydrogen) atoms. The fourth-order valence-corrected chi connectivity index (χ4v) is 1.38. The second kappa shape index (κ2) is 10.8. The van der Waals surface area contributed by atoms with Gasteiger partial charge in [-0.25, -0.2) is 4.79 Å². The smallest absolute Gasteiger partial charge is 0.347 e. The molecule has 0 aromatic rings. The zero-order valence-corrected chi connectivity index (χ0v) is 12.7. The fourth-order valence-electron chi connectivity index (χ4n) is 1.38. The molecule has 0 saturated carbocycles. The molecular formula is C14H22O7. The Balaban J connectivity index is 3.61. The van der Waals surface area contributed by atoms with Crippen LogP contribution in [0.4, 0.5) is 0 Å². The van der Waals surface area contributed by atoms with Gasteiger partial charge in [0.05, 0.1) is 13.2 Å². The van der Waals surface area contributed by atoms with Crippen molar-refractivity contribution in [3.8, 4) is 0 Å². The van der Waals surface area contributed by atoms with Crippen molar-refractivity contribution in [3.05, 3.63) is 0 Å². The minimum Gasteiger partial charge on any atom is -0.466 e. The second-order valence-electron chi connectivity index (χ2n) is 4.55. The summed E-state index contributed by atoms with van der Waals surface area (Å²) < 4.78 is 14.4. The lowest BCUT2D eigenvalue weighted by molar-refractivity contribution is -0.165. The Hall–Kier alpha value is -1.92. The Morgan fingerprint density at radius 3 is 2.05 bits per heavy atom. The highest BCUT2D eigenvalue weighted by atomic mass is 16.6. The van der Waals surface area contributed by atoms with E-state index in [1.807, 2.05) is 0 Å². The van der Waals surface area contributed by atoms with Gasteiger partial charge in [0.15, 0.2) is 6.10 Å². The van der Waals surface area contributed by atoms with Gasteiger partial charge in [-0.05, 0) is 26.7 Å². The summed E-state index contributed by atoms with van der Waals surface area (Å²) in [5.41, 5.74) is 0. The van der Waals surface area contributed by atoms with Gasteiger partial charge in [-0.2, -0.15) is 0 Å². The van der Waals surface area contributed by atoms with E-state index in [1.54, 1.807) is 0 Å². The van der Waals surface area contributed by atoms with Gasteiger partial charge in [0, 0.05) is 19.8 Å². The van der Waals surface area contributed by atoms with E-state index < -0.39 is 24.0 Å². The number of carbonyl (C=O) groups is 4. The van der Waals surface area contributed by atoms with Crippen LogP contribution in [0.5, 0.6) is 0 Å². The molecule has 7 nitrogen and oxygen atoms in total. The molecule has 0 aliphatic rings. The molecule has 120 valence electrons. The number of Topliss-reactive ketones (excluding diaryl/α,β-unsaturated/α-hetero) is 1. The maximum atomic E-state index is 11.4. The maximum Gasteiger partial charge on any atom is 0.347 e. The van der Waals surface area contributed by atoms with Crippen molar-refractivity contribution in [2.75, 3.05) is 13.2 Å². The Bertz CT molecular complexity index is 376. The molecule has 0 radical (unpaired) electrons. The zero-order chi connectivity index (χ0) is 16.3. The first kappa shape index (κ1) is 19.1. The van der Waals surface area contributed by atoms with Crippen molar-refractivity contribution in [2.24, 2.45) is 0 Å². The Kier molecular flexibility index (Phi) is 9.83.